The highest BCUT2D eigenvalue weighted by Gasteiger charge is 2.11. The Morgan fingerprint density at radius 1 is 1.47 bits per heavy atom. The van der Waals surface area contributed by atoms with E-state index in [1.54, 1.807) is 16.8 Å². The van der Waals surface area contributed by atoms with Gasteiger partial charge in [0.2, 0.25) is 0 Å². The van der Waals surface area contributed by atoms with Gasteiger partial charge < -0.3 is 5.73 Å². The molecule has 0 aliphatic heterocycles. The summed E-state index contributed by atoms with van der Waals surface area (Å²) in [6, 6.07) is 4.07. The number of nitrogens with one attached hydrogen (secondary N) is 1. The fraction of sp³-hybridized carbons (Fsp3) is 0. The molecule has 0 spiro atoms. The van der Waals surface area contributed by atoms with E-state index in [9.17, 15) is 9.59 Å². The van der Waals surface area contributed by atoms with Gasteiger partial charge >= 0.3 is 6.03 Å². The molecule has 0 saturated heterocycles. The van der Waals surface area contributed by atoms with E-state index in [0.29, 0.717) is 10.4 Å². The van der Waals surface area contributed by atoms with Crippen molar-refractivity contribution >= 4 is 29.4 Å². The largest absolute Gasteiger partial charge is 0.351 e. The number of hydrogen-bond donors (Lipinski definition) is 2. The lowest BCUT2D eigenvalue weighted by Gasteiger charge is -1.97. The molecule has 0 fully saturated rings. The summed E-state index contributed by atoms with van der Waals surface area (Å²) in [6.45, 7) is 0. The summed E-state index contributed by atoms with van der Waals surface area (Å²) in [6.07, 6.45) is 1.28. The van der Waals surface area contributed by atoms with Crippen LogP contribution in [0.1, 0.15) is 10.4 Å². The van der Waals surface area contributed by atoms with E-state index in [4.69, 9.17) is 16.3 Å². The first kappa shape index (κ1) is 12.4. The molecule has 3 N–H and O–H groups in total. The van der Waals surface area contributed by atoms with Gasteiger partial charge in [-0.1, -0.05) is 0 Å². The van der Waals surface area contributed by atoms with E-state index >= 15 is 0 Å². The molecule has 6 nitrogen and oxygen atoms in total. The average Bonchev–Trinajstić information content (AvgIpc) is 2.72. The van der Waals surface area contributed by atoms with Crippen LogP contribution in [0.15, 0.2) is 17.0 Å². The number of primary amides is 1. The van der Waals surface area contributed by atoms with E-state index in [0.717, 1.165) is 0 Å². The molecule has 1 aromatic rings. The van der Waals surface area contributed by atoms with Gasteiger partial charge in [0.15, 0.2) is 0 Å². The van der Waals surface area contributed by atoms with E-state index in [2.05, 4.69) is 0 Å². The van der Waals surface area contributed by atoms with Crippen molar-refractivity contribution in [2.75, 3.05) is 0 Å². The average molecular weight is 246 g/mol. The Labute approximate surface area is 101 Å². The second kappa shape index (κ2) is 5.45. The third kappa shape index (κ3) is 3.45. The predicted octanol–water partition coefficient (Wildman–Crippen LogP) is 0.722. The van der Waals surface area contributed by atoms with Crippen LogP contribution in [0.5, 0.6) is 0 Å². The van der Waals surface area contributed by atoms with Gasteiger partial charge in [-0.15, -0.1) is 11.3 Å². The zero-order chi connectivity index (χ0) is 12.8. The Morgan fingerprint density at radius 2 is 2.18 bits per heavy atom. The first-order valence-corrected chi connectivity index (χ1v) is 5.16. The van der Waals surface area contributed by atoms with Crippen LogP contribution in [0.4, 0.5) is 4.79 Å². The Balaban J connectivity index is 2.95. The number of nitrogens with two attached hydrogens (primary N) is 1. The molecule has 0 saturated carbocycles. The molecule has 0 bridgehead atoms. The lowest BCUT2D eigenvalue weighted by atomic mass is 10.2. The highest BCUT2D eigenvalue weighted by molar-refractivity contribution is 7.11. The number of thiophene rings is 1. The maximum atomic E-state index is 11.3. The molecule has 17 heavy (non-hydrogen) atoms. The number of nitriles is 2. The molecule has 0 aliphatic rings. The molecule has 1 aromatic heterocycles. The number of rotatable bonds is 2. The Kier molecular flexibility index (Phi) is 3.98. The molecule has 0 aliphatic carbocycles. The van der Waals surface area contributed by atoms with Crippen molar-refractivity contribution in [1.82, 2.24) is 5.32 Å². The first-order chi connectivity index (χ1) is 8.06. The van der Waals surface area contributed by atoms with E-state index in [1.165, 1.54) is 23.5 Å². The second-order valence-electron chi connectivity index (χ2n) is 2.84. The van der Waals surface area contributed by atoms with Crippen LogP contribution in [0.2, 0.25) is 0 Å². The molecule has 1 rings (SSSR count). The fourth-order valence-corrected chi connectivity index (χ4v) is 1.72. The van der Waals surface area contributed by atoms with Crippen molar-refractivity contribution < 1.29 is 9.59 Å². The minimum absolute atomic E-state index is 0.255. The Hall–Kier alpha value is -2.64. The third-order valence-corrected chi connectivity index (χ3v) is 2.52. The van der Waals surface area contributed by atoms with Crippen LogP contribution in [-0.2, 0) is 4.79 Å². The van der Waals surface area contributed by atoms with Crippen LogP contribution < -0.4 is 11.1 Å². The van der Waals surface area contributed by atoms with Gasteiger partial charge in [-0.3, -0.25) is 10.1 Å². The van der Waals surface area contributed by atoms with E-state index in [1.807, 2.05) is 6.07 Å². The minimum atomic E-state index is -1.03. The smallest absolute Gasteiger partial charge is 0.319 e. The van der Waals surface area contributed by atoms with Gasteiger partial charge in [0, 0.05) is 10.3 Å². The van der Waals surface area contributed by atoms with Crippen molar-refractivity contribution in [2.24, 2.45) is 5.73 Å². The summed E-state index contributed by atoms with van der Waals surface area (Å²) in [4.78, 5) is 22.3. The number of urea groups is 1. The first-order valence-electron chi connectivity index (χ1n) is 4.28. The molecule has 3 amide bonds. The van der Waals surface area contributed by atoms with Crippen LogP contribution in [0.3, 0.4) is 0 Å². The summed E-state index contributed by atoms with van der Waals surface area (Å²) in [7, 11) is 0. The number of nitrogens with zero attached hydrogens (tertiary/aromatic N) is 2. The van der Waals surface area contributed by atoms with E-state index in [-0.39, 0.29) is 5.57 Å². The zero-order valence-electron chi connectivity index (χ0n) is 8.43. The quantitative estimate of drug-likeness (QED) is 0.590. The number of imide groups is 1. The van der Waals surface area contributed by atoms with Crippen molar-refractivity contribution in [2.45, 2.75) is 0 Å². The maximum absolute atomic E-state index is 11.3. The molecule has 0 radical (unpaired) electrons. The van der Waals surface area contributed by atoms with Crippen molar-refractivity contribution in [3.63, 3.8) is 0 Å². The van der Waals surface area contributed by atoms with Gasteiger partial charge in [-0.2, -0.15) is 10.5 Å². The number of carbonyl (C=O) groups is 2. The van der Waals surface area contributed by atoms with Crippen LogP contribution in [-0.4, -0.2) is 11.9 Å². The highest BCUT2D eigenvalue weighted by atomic mass is 32.1. The van der Waals surface area contributed by atoms with E-state index < -0.39 is 11.9 Å². The zero-order valence-corrected chi connectivity index (χ0v) is 9.25. The molecule has 0 atom stereocenters. The standard InChI is InChI=1S/C10H6N4O2S/c11-3-6-1-8(17-5-6)2-7(4-12)9(15)14-10(13)16/h1-2,5H,(H3,13,14,15,16)/b7-2+. The predicted molar refractivity (Wildman–Crippen MR) is 60.4 cm³/mol. The minimum Gasteiger partial charge on any atom is -0.351 e. The normalized spacial score (nSPS) is 10.1. The summed E-state index contributed by atoms with van der Waals surface area (Å²) in [5.41, 5.74) is 4.94. The van der Waals surface area contributed by atoms with Crippen molar-refractivity contribution in [3.8, 4) is 12.1 Å². The Bertz CT molecular complexity index is 574. The summed E-state index contributed by atoms with van der Waals surface area (Å²) in [5.74, 6) is -0.869. The van der Waals surface area contributed by atoms with Crippen molar-refractivity contribution in [3.05, 3.63) is 27.5 Å². The van der Waals surface area contributed by atoms with Gasteiger partial charge in [-0.05, 0) is 12.1 Å². The topological polar surface area (TPSA) is 120 Å². The lowest BCUT2D eigenvalue weighted by Crippen LogP contribution is -2.35. The molecule has 84 valence electrons. The monoisotopic (exact) mass is 246 g/mol. The molecular weight excluding hydrogens is 240 g/mol. The number of carbonyl (C=O) groups excluding carboxylic acids is 2. The van der Waals surface area contributed by atoms with Gasteiger partial charge in [0.1, 0.15) is 17.7 Å². The van der Waals surface area contributed by atoms with Crippen LogP contribution in [0, 0.1) is 22.7 Å². The van der Waals surface area contributed by atoms with Crippen LogP contribution in [0.25, 0.3) is 6.08 Å². The SMILES string of the molecule is N#C/C(=C\c1cc(C#N)cs1)C(=O)NC(N)=O. The number of amides is 3. The number of hydrogen-bond acceptors (Lipinski definition) is 5. The molecule has 7 heteroatoms. The maximum Gasteiger partial charge on any atom is 0.319 e. The molecular formula is C10H6N4O2S. The molecule has 0 unspecified atom stereocenters. The van der Waals surface area contributed by atoms with Gasteiger partial charge in [0.25, 0.3) is 5.91 Å². The molecule has 1 heterocycles. The lowest BCUT2D eigenvalue weighted by molar-refractivity contribution is -0.115. The second-order valence-corrected chi connectivity index (χ2v) is 3.78. The molecule has 0 aromatic carbocycles. The third-order valence-electron chi connectivity index (χ3n) is 1.64. The highest BCUT2D eigenvalue weighted by Crippen LogP contribution is 2.17. The summed E-state index contributed by atoms with van der Waals surface area (Å²) < 4.78 is 0. The van der Waals surface area contributed by atoms with Gasteiger partial charge in [-0.25, -0.2) is 4.79 Å². The Morgan fingerprint density at radius 3 is 2.65 bits per heavy atom. The summed E-state index contributed by atoms with van der Waals surface area (Å²) >= 11 is 1.21. The summed E-state index contributed by atoms with van der Waals surface area (Å²) in [5, 5.41) is 20.7. The fourth-order valence-electron chi connectivity index (χ4n) is 0.957. The van der Waals surface area contributed by atoms with Crippen LogP contribution >= 0.6 is 11.3 Å². The van der Waals surface area contributed by atoms with Crippen molar-refractivity contribution in [1.29, 1.82) is 10.5 Å². The van der Waals surface area contributed by atoms with Gasteiger partial charge in [0.05, 0.1) is 5.56 Å².